The predicted octanol–water partition coefficient (Wildman–Crippen LogP) is 1.27. The van der Waals surface area contributed by atoms with E-state index < -0.39 is 54.1 Å². The molecule has 11 nitrogen and oxygen atoms in total. The number of ether oxygens (including phenoxy) is 1. The first kappa shape index (κ1) is 29.5. The molecule has 11 heteroatoms. The lowest BCUT2D eigenvalue weighted by Gasteiger charge is -2.34. The summed E-state index contributed by atoms with van der Waals surface area (Å²) in [6, 6.07) is 6.74. The largest absolute Gasteiger partial charge is 0.456 e. The number of aliphatic hydroxyl groups is 2. The summed E-state index contributed by atoms with van der Waals surface area (Å²) >= 11 is 0. The molecule has 208 valence electrons. The predicted molar refractivity (Wildman–Crippen MR) is 137 cm³/mol. The maximum Gasteiger partial charge on any atom is 0.323 e. The Morgan fingerprint density at radius 3 is 2.47 bits per heavy atom. The van der Waals surface area contributed by atoms with Crippen molar-refractivity contribution < 1.29 is 34.1 Å². The van der Waals surface area contributed by atoms with Gasteiger partial charge in [-0.3, -0.25) is 24.5 Å². The van der Waals surface area contributed by atoms with Gasteiger partial charge in [0, 0.05) is 6.04 Å². The van der Waals surface area contributed by atoms with Gasteiger partial charge in [-0.25, -0.2) is 0 Å². The second kappa shape index (κ2) is 12.7. The Morgan fingerprint density at radius 1 is 1.16 bits per heavy atom. The number of hydrogen-bond acceptors (Lipinski definition) is 10. The molecule has 1 saturated heterocycles. The Hall–Kier alpha value is -3.02. The third-order valence-electron chi connectivity index (χ3n) is 7.53. The van der Waals surface area contributed by atoms with E-state index in [0.717, 1.165) is 24.8 Å². The number of nitroso groups, excluding NO2 is 1. The number of hydrogen-bond donors (Lipinski definition) is 3. The summed E-state index contributed by atoms with van der Waals surface area (Å²) in [7, 11) is 0. The zero-order valence-corrected chi connectivity index (χ0v) is 22.0. The van der Waals surface area contributed by atoms with Gasteiger partial charge in [0.05, 0.1) is 12.1 Å². The van der Waals surface area contributed by atoms with E-state index in [1.54, 1.807) is 11.8 Å². The Labute approximate surface area is 221 Å². The molecule has 1 saturated carbocycles. The minimum Gasteiger partial charge on any atom is -0.456 e. The Kier molecular flexibility index (Phi) is 9.86. The number of ketones is 2. The fourth-order valence-corrected chi connectivity index (χ4v) is 5.43. The van der Waals surface area contributed by atoms with E-state index in [-0.39, 0.29) is 24.3 Å². The van der Waals surface area contributed by atoms with Crippen molar-refractivity contribution in [2.45, 2.75) is 95.3 Å². The fraction of sp³-hybridized carbons (Fsp3) is 0.630. The molecule has 1 amide bonds. The molecule has 2 fully saturated rings. The zero-order chi connectivity index (χ0) is 28.0. The van der Waals surface area contributed by atoms with E-state index in [9.17, 15) is 34.3 Å². The van der Waals surface area contributed by atoms with Gasteiger partial charge in [-0.15, -0.1) is 4.91 Å². The van der Waals surface area contributed by atoms with Crippen LogP contribution in [0, 0.1) is 10.8 Å². The molecular formula is C27H37N3O8. The molecule has 0 radical (unpaired) electrons. The number of carbonyl (C=O) groups is 4. The molecular weight excluding hydrogens is 494 g/mol. The lowest BCUT2D eigenvalue weighted by atomic mass is 9.97. The van der Waals surface area contributed by atoms with Crippen molar-refractivity contribution in [2.24, 2.45) is 11.1 Å². The van der Waals surface area contributed by atoms with Crippen LogP contribution in [-0.4, -0.2) is 81.2 Å². The molecule has 2 aliphatic rings. The highest BCUT2D eigenvalue weighted by atomic mass is 16.5. The van der Waals surface area contributed by atoms with Crippen LogP contribution >= 0.6 is 0 Å². The summed E-state index contributed by atoms with van der Waals surface area (Å²) in [6.07, 6.45) is 2.23. The maximum atomic E-state index is 13.5. The van der Waals surface area contributed by atoms with Crippen molar-refractivity contribution in [3.05, 3.63) is 40.8 Å². The summed E-state index contributed by atoms with van der Waals surface area (Å²) in [6.45, 7) is 3.14. The molecule has 5 unspecified atom stereocenters. The number of carbonyl (C=O) groups excluding carboxylic acids is 4. The molecule has 3 rings (SSSR count). The summed E-state index contributed by atoms with van der Waals surface area (Å²) in [4.78, 5) is 63.3. The minimum absolute atomic E-state index is 0.0771. The van der Waals surface area contributed by atoms with Gasteiger partial charge in [-0.05, 0) is 64.4 Å². The molecule has 0 aromatic heterocycles. The highest BCUT2D eigenvalue weighted by Gasteiger charge is 2.49. The smallest absolute Gasteiger partial charge is 0.323 e. The SMILES string of the molecule is CC(NC(CCc1ccccc1)C(=O)OCC(=O)C(=O)C(C)(C)N=O)C(=O)N1C(C(O)O)CC2CCCC21. The third kappa shape index (κ3) is 6.89. The number of likely N-dealkylation sites (tertiary alicyclic amines) is 1. The maximum absolute atomic E-state index is 13.5. The van der Waals surface area contributed by atoms with Crippen LogP contribution in [0.3, 0.4) is 0 Å². The van der Waals surface area contributed by atoms with Crippen LogP contribution < -0.4 is 5.32 Å². The van der Waals surface area contributed by atoms with Crippen molar-refractivity contribution in [3.63, 3.8) is 0 Å². The van der Waals surface area contributed by atoms with Gasteiger partial charge >= 0.3 is 5.97 Å². The topological polar surface area (TPSA) is 163 Å². The first-order valence-corrected chi connectivity index (χ1v) is 13.0. The summed E-state index contributed by atoms with van der Waals surface area (Å²) in [5.41, 5.74) is -0.815. The average Bonchev–Trinajstić information content (AvgIpc) is 3.50. The number of benzene rings is 1. The van der Waals surface area contributed by atoms with Gasteiger partial charge in [0.15, 0.2) is 18.4 Å². The van der Waals surface area contributed by atoms with Gasteiger partial charge in [-0.2, -0.15) is 0 Å². The number of esters is 1. The molecule has 1 aromatic carbocycles. The quantitative estimate of drug-likeness (QED) is 0.147. The van der Waals surface area contributed by atoms with E-state index in [4.69, 9.17) is 4.74 Å². The fourth-order valence-electron chi connectivity index (χ4n) is 5.43. The summed E-state index contributed by atoms with van der Waals surface area (Å²) < 4.78 is 5.13. The number of rotatable bonds is 13. The van der Waals surface area contributed by atoms with E-state index in [1.807, 2.05) is 30.3 Å². The average molecular weight is 532 g/mol. The highest BCUT2D eigenvalue weighted by molar-refractivity contribution is 6.41. The van der Waals surface area contributed by atoms with E-state index in [2.05, 4.69) is 10.5 Å². The van der Waals surface area contributed by atoms with Crippen molar-refractivity contribution >= 4 is 23.4 Å². The van der Waals surface area contributed by atoms with Gasteiger partial charge in [0.1, 0.15) is 6.04 Å². The Balaban J connectivity index is 1.70. The molecule has 0 spiro atoms. The number of Topliss-reactive ketones (excluding diaryl/α,β-unsaturated/α-hetero) is 2. The van der Waals surface area contributed by atoms with E-state index in [0.29, 0.717) is 12.8 Å². The Morgan fingerprint density at radius 2 is 1.84 bits per heavy atom. The second-order valence-electron chi connectivity index (χ2n) is 10.7. The number of nitrogens with one attached hydrogen (secondary N) is 1. The molecule has 38 heavy (non-hydrogen) atoms. The molecule has 1 aliphatic carbocycles. The van der Waals surface area contributed by atoms with Gasteiger partial charge < -0.3 is 19.8 Å². The van der Waals surface area contributed by atoms with Crippen molar-refractivity contribution in [2.75, 3.05) is 6.61 Å². The first-order chi connectivity index (χ1) is 18.0. The van der Waals surface area contributed by atoms with Gasteiger partial charge in [0.25, 0.3) is 0 Å². The molecule has 1 heterocycles. The number of amides is 1. The standard InChI is InChI=1S/C27H37N3O8/c1-16(24(33)30-20-11-7-10-18(20)14-21(30)25(34)35)28-19(13-12-17-8-5-4-6-9-17)26(36)38-15-22(31)23(32)27(2,3)29-37/h4-6,8-9,16,18-21,25,28,34-35H,7,10-15H2,1-3H3. The van der Waals surface area contributed by atoms with E-state index >= 15 is 0 Å². The van der Waals surface area contributed by atoms with Crippen LogP contribution in [0.5, 0.6) is 0 Å². The first-order valence-electron chi connectivity index (χ1n) is 13.0. The summed E-state index contributed by atoms with van der Waals surface area (Å²) in [5, 5.41) is 25.5. The van der Waals surface area contributed by atoms with E-state index in [1.165, 1.54) is 13.8 Å². The molecule has 1 aliphatic heterocycles. The van der Waals surface area contributed by atoms with Crippen molar-refractivity contribution in [3.8, 4) is 0 Å². The highest BCUT2D eigenvalue weighted by Crippen LogP contribution is 2.42. The van der Waals surface area contributed by atoms with Crippen LogP contribution in [0.15, 0.2) is 35.5 Å². The number of fused-ring (bicyclic) bond motifs is 1. The normalized spacial score (nSPS) is 22.6. The molecule has 1 aromatic rings. The van der Waals surface area contributed by atoms with Gasteiger partial charge in [-0.1, -0.05) is 41.9 Å². The lowest BCUT2D eigenvalue weighted by molar-refractivity contribution is -0.154. The monoisotopic (exact) mass is 531 g/mol. The Bertz CT molecular complexity index is 1030. The molecule has 0 bridgehead atoms. The number of nitrogens with zero attached hydrogens (tertiary/aromatic N) is 2. The molecule has 3 N–H and O–H groups in total. The second-order valence-corrected chi connectivity index (χ2v) is 10.7. The third-order valence-corrected chi connectivity index (χ3v) is 7.53. The molecule has 5 atom stereocenters. The van der Waals surface area contributed by atoms with Crippen molar-refractivity contribution in [1.29, 1.82) is 0 Å². The van der Waals surface area contributed by atoms with Crippen LogP contribution in [0.4, 0.5) is 0 Å². The van der Waals surface area contributed by atoms with Crippen LogP contribution in [0.25, 0.3) is 0 Å². The van der Waals surface area contributed by atoms with Crippen LogP contribution in [0.2, 0.25) is 0 Å². The zero-order valence-electron chi connectivity index (χ0n) is 22.0. The number of aliphatic hydroxyl groups excluding tert-OH is 1. The summed E-state index contributed by atoms with van der Waals surface area (Å²) in [5.74, 6) is -3.08. The van der Waals surface area contributed by atoms with Gasteiger partial charge in [0.2, 0.25) is 17.5 Å². The minimum atomic E-state index is -1.77. The van der Waals surface area contributed by atoms with Crippen molar-refractivity contribution in [1.82, 2.24) is 10.2 Å². The van der Waals surface area contributed by atoms with Crippen LogP contribution in [-0.2, 0) is 30.3 Å². The number of aryl methyl sites for hydroxylation is 1. The van der Waals surface area contributed by atoms with Crippen LogP contribution in [0.1, 0.15) is 58.4 Å². The lowest BCUT2D eigenvalue weighted by Crippen LogP contribution is -2.56.